The number of esters is 1. The molecule has 0 saturated heterocycles. The summed E-state index contributed by atoms with van der Waals surface area (Å²) in [5, 5.41) is 10.7. The molecule has 0 bridgehead atoms. The molecule has 0 aliphatic carbocycles. The molecule has 0 saturated carbocycles. The zero-order valence-corrected chi connectivity index (χ0v) is 13.1. The van der Waals surface area contributed by atoms with Gasteiger partial charge < -0.3 is 9.84 Å². The first-order chi connectivity index (χ1) is 11.1. The van der Waals surface area contributed by atoms with Crippen LogP contribution in [0.4, 0.5) is 4.39 Å². The molecule has 0 spiro atoms. The Hall–Kier alpha value is -2.53. The van der Waals surface area contributed by atoms with Gasteiger partial charge in [-0.2, -0.15) is 0 Å². The van der Waals surface area contributed by atoms with Gasteiger partial charge in [-0.25, -0.2) is 9.18 Å². The summed E-state index contributed by atoms with van der Waals surface area (Å²) in [6.45, 7) is 0. The van der Waals surface area contributed by atoms with Crippen LogP contribution < -0.4 is 4.74 Å². The fourth-order valence-corrected chi connectivity index (χ4v) is 2.62. The average Bonchev–Trinajstić information content (AvgIpc) is 2.58. The molecule has 0 aromatic heterocycles. The Labute approximate surface area is 136 Å². The summed E-state index contributed by atoms with van der Waals surface area (Å²) in [6, 6.07) is 14.5. The highest BCUT2D eigenvalue weighted by molar-refractivity contribution is 7.98. The van der Waals surface area contributed by atoms with Crippen molar-refractivity contribution in [1.82, 2.24) is 0 Å². The molecule has 3 rings (SSSR count). The van der Waals surface area contributed by atoms with E-state index in [-0.39, 0.29) is 5.75 Å². The summed E-state index contributed by atoms with van der Waals surface area (Å²) in [5.41, 5.74) is 0.423. The van der Waals surface area contributed by atoms with E-state index < -0.39 is 17.5 Å². The van der Waals surface area contributed by atoms with Gasteiger partial charge in [0.05, 0.1) is 5.56 Å². The Morgan fingerprint density at radius 3 is 2.48 bits per heavy atom. The second-order valence-corrected chi connectivity index (χ2v) is 5.78. The van der Waals surface area contributed by atoms with Crippen LogP contribution in [0.2, 0.25) is 0 Å². The second kappa shape index (κ2) is 6.30. The molecule has 3 aromatic carbocycles. The molecule has 116 valence electrons. The van der Waals surface area contributed by atoms with Crippen LogP contribution in [0.1, 0.15) is 10.4 Å². The largest absolute Gasteiger partial charge is 0.504 e. The van der Waals surface area contributed by atoms with Gasteiger partial charge >= 0.3 is 5.97 Å². The first kappa shape index (κ1) is 15.4. The van der Waals surface area contributed by atoms with E-state index in [9.17, 15) is 14.3 Å². The van der Waals surface area contributed by atoms with E-state index in [2.05, 4.69) is 0 Å². The molecule has 0 fully saturated rings. The lowest BCUT2D eigenvalue weighted by atomic mass is 10.1. The SMILES string of the molecule is CSc1ccc(C(=O)Oc2ccc3ccc(F)c(O)c3c2)cc1. The van der Waals surface area contributed by atoms with Crippen molar-refractivity contribution in [2.45, 2.75) is 4.90 Å². The third-order valence-electron chi connectivity index (χ3n) is 3.45. The predicted octanol–water partition coefficient (Wildman–Crippen LogP) is 4.63. The van der Waals surface area contributed by atoms with Crippen LogP contribution in [-0.2, 0) is 0 Å². The second-order valence-electron chi connectivity index (χ2n) is 4.90. The monoisotopic (exact) mass is 328 g/mol. The van der Waals surface area contributed by atoms with E-state index in [4.69, 9.17) is 4.74 Å². The van der Waals surface area contributed by atoms with Crippen LogP contribution in [-0.4, -0.2) is 17.3 Å². The maximum Gasteiger partial charge on any atom is 0.343 e. The van der Waals surface area contributed by atoms with E-state index in [0.717, 1.165) is 4.90 Å². The third-order valence-corrected chi connectivity index (χ3v) is 4.20. The summed E-state index contributed by atoms with van der Waals surface area (Å²) in [4.78, 5) is 13.2. The van der Waals surface area contributed by atoms with E-state index in [1.165, 1.54) is 12.1 Å². The molecule has 3 nitrogen and oxygen atoms in total. The maximum absolute atomic E-state index is 13.4. The smallest absolute Gasteiger partial charge is 0.343 e. The van der Waals surface area contributed by atoms with Gasteiger partial charge in [0.1, 0.15) is 5.75 Å². The molecule has 1 N–H and O–H groups in total. The van der Waals surface area contributed by atoms with Gasteiger partial charge in [-0.15, -0.1) is 11.8 Å². The first-order valence-corrected chi connectivity index (χ1v) is 8.08. The number of aromatic hydroxyl groups is 1. The standard InChI is InChI=1S/C18H13FO3S/c1-23-14-7-3-12(4-8-14)18(21)22-13-6-2-11-5-9-16(19)17(20)15(11)10-13/h2-10,20H,1H3. The number of ether oxygens (including phenoxy) is 1. The Bertz CT molecular complexity index is 875. The van der Waals surface area contributed by atoms with Crippen molar-refractivity contribution in [2.24, 2.45) is 0 Å². The molecule has 0 unspecified atom stereocenters. The number of phenols is 1. The van der Waals surface area contributed by atoms with Gasteiger partial charge in [-0.1, -0.05) is 12.1 Å². The minimum Gasteiger partial charge on any atom is -0.504 e. The Morgan fingerprint density at radius 2 is 1.78 bits per heavy atom. The molecule has 0 radical (unpaired) electrons. The summed E-state index contributed by atoms with van der Waals surface area (Å²) in [5.74, 6) is -1.43. The van der Waals surface area contributed by atoms with Crippen molar-refractivity contribution in [3.05, 3.63) is 66.0 Å². The number of halogens is 1. The number of benzene rings is 3. The number of hydrogen-bond donors (Lipinski definition) is 1. The maximum atomic E-state index is 13.4. The van der Waals surface area contributed by atoms with Crippen LogP contribution in [0.3, 0.4) is 0 Å². The number of hydrogen-bond acceptors (Lipinski definition) is 4. The number of carbonyl (C=O) groups excluding carboxylic acids is 1. The fourth-order valence-electron chi connectivity index (χ4n) is 2.21. The first-order valence-electron chi connectivity index (χ1n) is 6.86. The number of phenolic OH excluding ortho intramolecular Hbond substituents is 1. The molecular weight excluding hydrogens is 315 g/mol. The highest BCUT2D eigenvalue weighted by atomic mass is 32.2. The third kappa shape index (κ3) is 3.14. The van der Waals surface area contributed by atoms with Crippen LogP contribution in [0.5, 0.6) is 11.5 Å². The highest BCUT2D eigenvalue weighted by Crippen LogP contribution is 2.31. The van der Waals surface area contributed by atoms with Gasteiger partial charge in [0.15, 0.2) is 11.6 Å². The van der Waals surface area contributed by atoms with Crippen molar-refractivity contribution in [3.8, 4) is 11.5 Å². The predicted molar refractivity (Wildman–Crippen MR) is 88.8 cm³/mol. The highest BCUT2D eigenvalue weighted by Gasteiger charge is 2.11. The van der Waals surface area contributed by atoms with E-state index in [0.29, 0.717) is 16.3 Å². The quantitative estimate of drug-likeness (QED) is 0.433. The van der Waals surface area contributed by atoms with Crippen LogP contribution >= 0.6 is 11.8 Å². The molecular formula is C18H13FO3S. The lowest BCUT2D eigenvalue weighted by Gasteiger charge is -2.07. The van der Waals surface area contributed by atoms with E-state index in [1.54, 1.807) is 42.1 Å². The topological polar surface area (TPSA) is 46.5 Å². The Kier molecular flexibility index (Phi) is 4.21. The molecule has 3 aromatic rings. The van der Waals surface area contributed by atoms with Gasteiger partial charge in [-0.3, -0.25) is 0 Å². The Balaban J connectivity index is 1.88. The minimum absolute atomic E-state index is 0.248. The molecule has 5 heteroatoms. The number of thioether (sulfide) groups is 1. The summed E-state index contributed by atoms with van der Waals surface area (Å²) in [6.07, 6.45) is 1.95. The van der Waals surface area contributed by atoms with Crippen molar-refractivity contribution in [2.75, 3.05) is 6.26 Å². The van der Waals surface area contributed by atoms with Crippen molar-refractivity contribution < 1.29 is 19.0 Å². The summed E-state index contributed by atoms with van der Waals surface area (Å²) >= 11 is 1.58. The summed E-state index contributed by atoms with van der Waals surface area (Å²) < 4.78 is 18.7. The van der Waals surface area contributed by atoms with Gasteiger partial charge in [0, 0.05) is 10.3 Å². The van der Waals surface area contributed by atoms with Crippen LogP contribution in [0.25, 0.3) is 10.8 Å². The molecule has 0 amide bonds. The van der Waals surface area contributed by atoms with Gasteiger partial charge in [0.2, 0.25) is 0 Å². The van der Waals surface area contributed by atoms with Crippen molar-refractivity contribution in [1.29, 1.82) is 0 Å². The Morgan fingerprint density at radius 1 is 1.09 bits per heavy atom. The van der Waals surface area contributed by atoms with E-state index in [1.807, 2.05) is 18.4 Å². The van der Waals surface area contributed by atoms with Crippen molar-refractivity contribution >= 4 is 28.5 Å². The number of rotatable bonds is 3. The van der Waals surface area contributed by atoms with Gasteiger partial charge in [-0.05, 0) is 54.1 Å². The van der Waals surface area contributed by atoms with Crippen LogP contribution in [0, 0.1) is 5.82 Å². The molecule has 0 aliphatic heterocycles. The van der Waals surface area contributed by atoms with Crippen LogP contribution in [0.15, 0.2) is 59.5 Å². The van der Waals surface area contributed by atoms with E-state index >= 15 is 0 Å². The fraction of sp³-hybridized carbons (Fsp3) is 0.0556. The molecule has 0 atom stereocenters. The zero-order valence-electron chi connectivity index (χ0n) is 12.2. The molecule has 0 heterocycles. The normalized spacial score (nSPS) is 10.7. The number of carbonyl (C=O) groups is 1. The average molecular weight is 328 g/mol. The minimum atomic E-state index is -0.714. The zero-order chi connectivity index (χ0) is 16.4. The lowest BCUT2D eigenvalue weighted by molar-refractivity contribution is 0.0735. The lowest BCUT2D eigenvalue weighted by Crippen LogP contribution is -2.08. The number of fused-ring (bicyclic) bond motifs is 1. The van der Waals surface area contributed by atoms with Gasteiger partial charge in [0.25, 0.3) is 0 Å². The van der Waals surface area contributed by atoms with Crippen molar-refractivity contribution in [3.63, 3.8) is 0 Å². The molecule has 0 aliphatic rings. The molecule has 23 heavy (non-hydrogen) atoms. The summed E-state index contributed by atoms with van der Waals surface area (Å²) in [7, 11) is 0.